The van der Waals surface area contributed by atoms with Crippen molar-refractivity contribution in [1.82, 2.24) is 0 Å². The second-order valence-corrected chi connectivity index (χ2v) is 1.84. The monoisotopic (exact) mass is 232 g/mol. The maximum atomic E-state index is 8.76. The first-order valence-corrected chi connectivity index (χ1v) is 2.54. The Morgan fingerprint density at radius 3 is 1.89 bits per heavy atom. The van der Waals surface area contributed by atoms with Crippen LogP contribution in [-0.2, 0) is 0 Å². The fourth-order valence-corrected chi connectivity index (χ4v) is 0.545. The van der Waals surface area contributed by atoms with E-state index < -0.39 is 0 Å². The Morgan fingerprint density at radius 2 is 1.56 bits per heavy atom. The third kappa shape index (κ3) is 2.76. The summed E-state index contributed by atoms with van der Waals surface area (Å²) in [4.78, 5) is 0. The van der Waals surface area contributed by atoms with Crippen molar-refractivity contribution in [3.8, 4) is 5.75 Å². The van der Waals surface area contributed by atoms with Gasteiger partial charge in [0.15, 0.2) is 0 Å². The molecule has 0 aliphatic heterocycles. The van der Waals surface area contributed by atoms with Crippen LogP contribution >= 0.6 is 0 Å². The van der Waals surface area contributed by atoms with Gasteiger partial charge in [-0.25, -0.2) is 0 Å². The molecule has 0 fully saturated rings. The molecule has 0 amide bonds. The molecular formula is C7H11OSb. The van der Waals surface area contributed by atoms with Crippen molar-refractivity contribution < 1.29 is 5.11 Å². The molecule has 0 radical (unpaired) electrons. The van der Waals surface area contributed by atoms with Crippen molar-refractivity contribution in [3.63, 3.8) is 0 Å². The summed E-state index contributed by atoms with van der Waals surface area (Å²) >= 11 is 0. The summed E-state index contributed by atoms with van der Waals surface area (Å²) in [5, 5.41) is 8.76. The first kappa shape index (κ1) is 8.84. The van der Waals surface area contributed by atoms with E-state index in [1.165, 1.54) is 5.56 Å². The molecule has 0 unspecified atom stereocenters. The van der Waals surface area contributed by atoms with Crippen LogP contribution in [0.3, 0.4) is 0 Å². The molecule has 1 nitrogen and oxygen atoms in total. The van der Waals surface area contributed by atoms with Crippen LogP contribution in [-0.4, -0.2) is 29.5 Å². The average Bonchev–Trinajstić information content (AvgIpc) is 1.77. The fraction of sp³-hybridized carbons (Fsp3) is 0.143. The number of benzene rings is 1. The first-order valence-electron chi connectivity index (χ1n) is 2.54. The molecule has 50 valence electrons. The van der Waals surface area contributed by atoms with E-state index in [0.717, 1.165) is 0 Å². The summed E-state index contributed by atoms with van der Waals surface area (Å²) in [7, 11) is 0. The Labute approximate surface area is 72.2 Å². The van der Waals surface area contributed by atoms with Crippen molar-refractivity contribution >= 4 is 24.4 Å². The molecule has 1 aromatic rings. The number of hydrogen-bond donors (Lipinski definition) is 1. The van der Waals surface area contributed by atoms with E-state index in [0.29, 0.717) is 5.75 Å². The summed E-state index contributed by atoms with van der Waals surface area (Å²) in [6, 6.07) is 7.09. The third-order valence-corrected chi connectivity index (χ3v) is 1.03. The van der Waals surface area contributed by atoms with Crippen molar-refractivity contribution in [2.75, 3.05) is 0 Å². The molecular weight excluding hydrogens is 222 g/mol. The molecule has 0 bridgehead atoms. The minimum atomic E-state index is 0. The number of phenols is 1. The molecule has 0 aromatic heterocycles. The van der Waals surface area contributed by atoms with Crippen LogP contribution in [0, 0.1) is 6.92 Å². The van der Waals surface area contributed by atoms with E-state index in [9.17, 15) is 0 Å². The zero-order valence-electron chi connectivity index (χ0n) is 5.46. The Morgan fingerprint density at radius 1 is 1.11 bits per heavy atom. The van der Waals surface area contributed by atoms with Crippen LogP contribution in [0.2, 0.25) is 0 Å². The van der Waals surface area contributed by atoms with E-state index in [1.54, 1.807) is 12.1 Å². The SMILES string of the molecule is Cc1ccc(O)cc1.[SbH3]. The van der Waals surface area contributed by atoms with Gasteiger partial charge in [0.1, 0.15) is 5.75 Å². The summed E-state index contributed by atoms with van der Waals surface area (Å²) in [5.74, 6) is 0.329. The molecule has 9 heavy (non-hydrogen) atoms. The Kier molecular flexibility index (Phi) is 3.72. The summed E-state index contributed by atoms with van der Waals surface area (Å²) < 4.78 is 0. The number of rotatable bonds is 0. The number of phenolic OH excluding ortho intramolecular Hbond substituents is 1. The predicted molar refractivity (Wildman–Crippen MR) is 42.8 cm³/mol. The molecule has 0 atom stereocenters. The average molecular weight is 233 g/mol. The van der Waals surface area contributed by atoms with Gasteiger partial charge in [-0.1, -0.05) is 17.7 Å². The van der Waals surface area contributed by atoms with Gasteiger partial charge in [0.25, 0.3) is 0 Å². The molecule has 0 aliphatic carbocycles. The van der Waals surface area contributed by atoms with Gasteiger partial charge in [-0.05, 0) is 19.1 Å². The molecule has 0 aliphatic rings. The number of hydrogen-bond acceptors (Lipinski definition) is 1. The predicted octanol–water partition coefficient (Wildman–Crippen LogP) is 0.517. The van der Waals surface area contributed by atoms with E-state index in [1.807, 2.05) is 19.1 Å². The van der Waals surface area contributed by atoms with Gasteiger partial charge in [-0.3, -0.25) is 0 Å². The van der Waals surface area contributed by atoms with Gasteiger partial charge < -0.3 is 5.11 Å². The molecule has 0 spiro atoms. The maximum absolute atomic E-state index is 8.76. The van der Waals surface area contributed by atoms with Crippen LogP contribution in [0.15, 0.2) is 24.3 Å². The van der Waals surface area contributed by atoms with Crippen LogP contribution in [0.5, 0.6) is 5.75 Å². The Bertz CT molecular complexity index is 148. The molecule has 1 aromatic carbocycles. The zero-order chi connectivity index (χ0) is 5.98. The molecule has 1 N–H and O–H groups in total. The minimum absolute atomic E-state index is 0. The number of aryl methyl sites for hydroxylation is 1. The summed E-state index contributed by atoms with van der Waals surface area (Å²) in [6.45, 7) is 1.99. The van der Waals surface area contributed by atoms with Crippen LogP contribution in [0.4, 0.5) is 0 Å². The van der Waals surface area contributed by atoms with E-state index >= 15 is 0 Å². The second-order valence-electron chi connectivity index (χ2n) is 1.84. The van der Waals surface area contributed by atoms with Crippen LogP contribution in [0.1, 0.15) is 5.56 Å². The van der Waals surface area contributed by atoms with Crippen molar-refractivity contribution in [2.24, 2.45) is 0 Å². The normalized spacial score (nSPS) is 8.11. The topological polar surface area (TPSA) is 20.2 Å². The molecule has 0 saturated carbocycles. The van der Waals surface area contributed by atoms with Gasteiger partial charge >= 0.3 is 24.4 Å². The van der Waals surface area contributed by atoms with Gasteiger partial charge in [0.2, 0.25) is 0 Å². The Hall–Kier alpha value is -0.162. The summed E-state index contributed by atoms with van der Waals surface area (Å²) in [5.41, 5.74) is 1.17. The quantitative estimate of drug-likeness (QED) is 0.647. The second kappa shape index (κ2) is 3.79. The standard InChI is InChI=1S/C7H8O.Sb.3H/c1-6-2-4-7(8)5-3-6;;;;/h2-5,8H,1H3;;;;. The van der Waals surface area contributed by atoms with Crippen LogP contribution < -0.4 is 0 Å². The van der Waals surface area contributed by atoms with Crippen molar-refractivity contribution in [2.45, 2.75) is 6.92 Å². The van der Waals surface area contributed by atoms with E-state index in [-0.39, 0.29) is 24.4 Å². The van der Waals surface area contributed by atoms with Gasteiger partial charge in [-0.15, -0.1) is 0 Å². The van der Waals surface area contributed by atoms with Gasteiger partial charge in [-0.2, -0.15) is 0 Å². The Balaban J connectivity index is 0.000000640. The molecule has 1 rings (SSSR count). The van der Waals surface area contributed by atoms with Crippen LogP contribution in [0.25, 0.3) is 0 Å². The molecule has 2 heteroatoms. The van der Waals surface area contributed by atoms with E-state index in [4.69, 9.17) is 5.11 Å². The van der Waals surface area contributed by atoms with Crippen molar-refractivity contribution in [1.29, 1.82) is 0 Å². The number of aromatic hydroxyl groups is 1. The van der Waals surface area contributed by atoms with Crippen molar-refractivity contribution in [3.05, 3.63) is 29.8 Å². The van der Waals surface area contributed by atoms with E-state index in [2.05, 4.69) is 0 Å². The fourth-order valence-electron chi connectivity index (χ4n) is 0.545. The van der Waals surface area contributed by atoms with Gasteiger partial charge in [0, 0.05) is 0 Å². The third-order valence-electron chi connectivity index (χ3n) is 1.03. The summed E-state index contributed by atoms with van der Waals surface area (Å²) in [6.07, 6.45) is 0. The first-order chi connectivity index (χ1) is 3.79. The molecule has 0 saturated heterocycles. The van der Waals surface area contributed by atoms with Gasteiger partial charge in [0.05, 0.1) is 0 Å². The molecule has 0 heterocycles. The zero-order valence-corrected chi connectivity index (χ0v) is 9.50.